The van der Waals surface area contributed by atoms with Crippen LogP contribution in [0.1, 0.15) is 31.4 Å². The van der Waals surface area contributed by atoms with Crippen LogP contribution in [0.2, 0.25) is 0 Å². The lowest BCUT2D eigenvalue weighted by atomic mass is 10.0. The van der Waals surface area contributed by atoms with Gasteiger partial charge in [0.1, 0.15) is 0 Å². The average molecular weight is 317 g/mol. The second-order valence-corrected chi connectivity index (χ2v) is 6.80. The third-order valence-corrected chi connectivity index (χ3v) is 4.13. The standard InChI is InChI=1S/C18H27N3O2/c1-13(2)9-16(19)18(23)21-8-7-20(17(22)12-21)11-15-6-4-5-14(3)10-15/h4-6,10,13,16H,7-9,11-12,19H2,1-3H3/t16-/m1/s1. The second kappa shape index (κ2) is 7.59. The average Bonchev–Trinajstić information content (AvgIpc) is 2.48. The van der Waals surface area contributed by atoms with Crippen LogP contribution in [-0.2, 0) is 16.1 Å². The maximum Gasteiger partial charge on any atom is 0.242 e. The van der Waals surface area contributed by atoms with Crippen LogP contribution in [0.25, 0.3) is 0 Å². The molecule has 1 fully saturated rings. The molecule has 0 bridgehead atoms. The SMILES string of the molecule is Cc1cccc(CN2CCN(C(=O)[C@H](N)CC(C)C)CC2=O)c1. The number of rotatable bonds is 5. The van der Waals surface area contributed by atoms with Crippen LogP contribution >= 0.6 is 0 Å². The maximum atomic E-state index is 12.3. The predicted octanol–water partition coefficient (Wildman–Crippen LogP) is 1.54. The van der Waals surface area contributed by atoms with Crippen molar-refractivity contribution in [3.8, 4) is 0 Å². The number of amides is 2. The summed E-state index contributed by atoms with van der Waals surface area (Å²) in [7, 11) is 0. The highest BCUT2D eigenvalue weighted by Gasteiger charge is 2.29. The molecule has 1 aromatic carbocycles. The van der Waals surface area contributed by atoms with Gasteiger partial charge in [-0.05, 0) is 24.8 Å². The summed E-state index contributed by atoms with van der Waals surface area (Å²) in [5, 5.41) is 0. The first-order valence-electron chi connectivity index (χ1n) is 8.24. The Morgan fingerprint density at radius 3 is 2.65 bits per heavy atom. The van der Waals surface area contributed by atoms with Gasteiger partial charge >= 0.3 is 0 Å². The number of aryl methyl sites for hydroxylation is 1. The zero-order valence-electron chi connectivity index (χ0n) is 14.3. The van der Waals surface area contributed by atoms with E-state index in [0.717, 1.165) is 5.56 Å². The molecule has 5 heteroatoms. The number of carbonyl (C=O) groups excluding carboxylic acids is 2. The Bertz CT molecular complexity index is 571. The molecular formula is C18H27N3O2. The van der Waals surface area contributed by atoms with Crippen LogP contribution in [0.3, 0.4) is 0 Å². The molecule has 1 saturated heterocycles. The third kappa shape index (κ3) is 4.79. The van der Waals surface area contributed by atoms with Gasteiger partial charge in [0.15, 0.2) is 0 Å². The van der Waals surface area contributed by atoms with Crippen LogP contribution in [-0.4, -0.2) is 47.3 Å². The molecule has 1 atom stereocenters. The van der Waals surface area contributed by atoms with Crippen molar-refractivity contribution in [2.45, 2.75) is 39.8 Å². The molecule has 2 rings (SSSR count). The van der Waals surface area contributed by atoms with E-state index in [4.69, 9.17) is 5.73 Å². The molecule has 0 saturated carbocycles. The molecule has 1 heterocycles. The Hall–Kier alpha value is -1.88. The number of nitrogens with zero attached hydrogens (tertiary/aromatic N) is 2. The molecule has 0 aromatic heterocycles. The van der Waals surface area contributed by atoms with E-state index in [1.54, 1.807) is 4.90 Å². The van der Waals surface area contributed by atoms with Gasteiger partial charge in [-0.2, -0.15) is 0 Å². The molecule has 0 unspecified atom stereocenters. The first kappa shape index (κ1) is 17.5. The summed E-state index contributed by atoms with van der Waals surface area (Å²) in [6.07, 6.45) is 0.649. The number of nitrogens with two attached hydrogens (primary N) is 1. The maximum absolute atomic E-state index is 12.3. The highest BCUT2D eigenvalue weighted by atomic mass is 16.2. The Kier molecular flexibility index (Phi) is 5.77. The van der Waals surface area contributed by atoms with Gasteiger partial charge in [-0.25, -0.2) is 0 Å². The molecule has 0 aliphatic carbocycles. The largest absolute Gasteiger partial charge is 0.335 e. The lowest BCUT2D eigenvalue weighted by Gasteiger charge is -2.35. The molecule has 5 nitrogen and oxygen atoms in total. The van der Waals surface area contributed by atoms with Gasteiger partial charge in [0, 0.05) is 19.6 Å². The van der Waals surface area contributed by atoms with E-state index in [2.05, 4.69) is 6.07 Å². The summed E-state index contributed by atoms with van der Waals surface area (Å²) in [6.45, 7) is 7.97. The summed E-state index contributed by atoms with van der Waals surface area (Å²) in [6, 6.07) is 7.64. The van der Waals surface area contributed by atoms with Gasteiger partial charge in [0.25, 0.3) is 0 Å². The molecule has 1 aliphatic rings. The van der Waals surface area contributed by atoms with E-state index in [9.17, 15) is 9.59 Å². The van der Waals surface area contributed by atoms with Crippen LogP contribution < -0.4 is 5.73 Å². The minimum Gasteiger partial charge on any atom is -0.335 e. The zero-order chi connectivity index (χ0) is 17.0. The van der Waals surface area contributed by atoms with E-state index >= 15 is 0 Å². The molecule has 1 aliphatic heterocycles. The second-order valence-electron chi connectivity index (χ2n) is 6.80. The van der Waals surface area contributed by atoms with Crippen molar-refractivity contribution < 1.29 is 9.59 Å². The Balaban J connectivity index is 1.92. The van der Waals surface area contributed by atoms with Gasteiger partial charge in [-0.1, -0.05) is 43.7 Å². The van der Waals surface area contributed by atoms with E-state index in [-0.39, 0.29) is 18.4 Å². The summed E-state index contributed by atoms with van der Waals surface area (Å²) >= 11 is 0. The highest BCUT2D eigenvalue weighted by molar-refractivity contribution is 5.88. The van der Waals surface area contributed by atoms with E-state index in [1.165, 1.54) is 5.56 Å². The minimum absolute atomic E-state index is 0.0112. The van der Waals surface area contributed by atoms with Gasteiger partial charge in [-0.15, -0.1) is 0 Å². The van der Waals surface area contributed by atoms with Crippen molar-refractivity contribution in [2.24, 2.45) is 11.7 Å². The number of hydrogen-bond acceptors (Lipinski definition) is 3. The summed E-state index contributed by atoms with van der Waals surface area (Å²) in [4.78, 5) is 28.1. The summed E-state index contributed by atoms with van der Waals surface area (Å²) < 4.78 is 0. The summed E-state index contributed by atoms with van der Waals surface area (Å²) in [5.74, 6) is 0.248. The van der Waals surface area contributed by atoms with Crippen LogP contribution in [0.5, 0.6) is 0 Å². The number of hydrogen-bond donors (Lipinski definition) is 1. The van der Waals surface area contributed by atoms with Crippen molar-refractivity contribution in [3.05, 3.63) is 35.4 Å². The Morgan fingerprint density at radius 2 is 2.04 bits per heavy atom. The zero-order valence-corrected chi connectivity index (χ0v) is 14.3. The fraction of sp³-hybridized carbons (Fsp3) is 0.556. The monoisotopic (exact) mass is 317 g/mol. The number of benzene rings is 1. The Labute approximate surface area is 138 Å². The van der Waals surface area contributed by atoms with Gasteiger partial charge in [0.05, 0.1) is 12.6 Å². The first-order valence-corrected chi connectivity index (χ1v) is 8.24. The fourth-order valence-electron chi connectivity index (χ4n) is 2.94. The van der Waals surface area contributed by atoms with Crippen molar-refractivity contribution >= 4 is 11.8 Å². The smallest absolute Gasteiger partial charge is 0.242 e. The molecule has 2 amide bonds. The van der Waals surface area contributed by atoms with Crippen molar-refractivity contribution in [1.82, 2.24) is 9.80 Å². The predicted molar refractivity (Wildman–Crippen MR) is 90.6 cm³/mol. The lowest BCUT2D eigenvalue weighted by Crippen LogP contribution is -2.55. The minimum atomic E-state index is -0.508. The highest BCUT2D eigenvalue weighted by Crippen LogP contribution is 2.13. The molecule has 23 heavy (non-hydrogen) atoms. The normalized spacial score (nSPS) is 16.8. The van der Waals surface area contributed by atoms with Gasteiger partial charge in [0.2, 0.25) is 11.8 Å². The van der Waals surface area contributed by atoms with Crippen molar-refractivity contribution in [2.75, 3.05) is 19.6 Å². The van der Waals surface area contributed by atoms with Gasteiger partial charge in [-0.3, -0.25) is 9.59 Å². The molecule has 0 radical (unpaired) electrons. The molecule has 2 N–H and O–H groups in total. The summed E-state index contributed by atoms with van der Waals surface area (Å²) in [5.41, 5.74) is 8.26. The number of carbonyl (C=O) groups is 2. The first-order chi connectivity index (χ1) is 10.9. The van der Waals surface area contributed by atoms with Gasteiger partial charge < -0.3 is 15.5 Å². The van der Waals surface area contributed by atoms with Crippen LogP contribution in [0.15, 0.2) is 24.3 Å². The molecule has 126 valence electrons. The fourth-order valence-corrected chi connectivity index (χ4v) is 2.94. The Morgan fingerprint density at radius 1 is 1.30 bits per heavy atom. The van der Waals surface area contributed by atoms with E-state index < -0.39 is 6.04 Å². The topological polar surface area (TPSA) is 66.6 Å². The van der Waals surface area contributed by atoms with Crippen LogP contribution in [0.4, 0.5) is 0 Å². The molecule has 0 spiro atoms. The quantitative estimate of drug-likeness (QED) is 0.896. The van der Waals surface area contributed by atoms with E-state index in [0.29, 0.717) is 32.0 Å². The number of piperazine rings is 1. The van der Waals surface area contributed by atoms with Crippen molar-refractivity contribution in [3.63, 3.8) is 0 Å². The lowest BCUT2D eigenvalue weighted by molar-refractivity contribution is -0.146. The third-order valence-electron chi connectivity index (χ3n) is 4.13. The van der Waals surface area contributed by atoms with E-state index in [1.807, 2.05) is 43.9 Å². The molecular weight excluding hydrogens is 290 g/mol. The van der Waals surface area contributed by atoms with Crippen molar-refractivity contribution in [1.29, 1.82) is 0 Å². The molecule has 1 aromatic rings. The van der Waals surface area contributed by atoms with Crippen LogP contribution in [0, 0.1) is 12.8 Å².